The Morgan fingerprint density at radius 2 is 1.21 bits per heavy atom. The van der Waals surface area contributed by atoms with E-state index in [9.17, 15) is 48.6 Å². The number of amides is 5. The van der Waals surface area contributed by atoms with Gasteiger partial charge in [-0.05, 0) is 64.5 Å². The molecule has 0 saturated carbocycles. The fourth-order valence-corrected chi connectivity index (χ4v) is 5.21. The van der Waals surface area contributed by atoms with Gasteiger partial charge in [0.05, 0.1) is 24.4 Å². The molecule has 0 aromatic heterocycles. The van der Waals surface area contributed by atoms with Crippen molar-refractivity contribution in [3.05, 3.63) is 42.5 Å². The predicted molar refractivity (Wildman–Crippen MR) is 208 cm³/mol. The number of carbonyl (C=O) groups is 8. The highest BCUT2D eigenvalue weighted by molar-refractivity contribution is 7.80. The van der Waals surface area contributed by atoms with Crippen molar-refractivity contribution >= 4 is 65.8 Å². The molecule has 1 aromatic rings. The third-order valence-electron chi connectivity index (χ3n) is 8.44. The number of carbonyl (C=O) groups excluding carboxylic acids is 4. The summed E-state index contributed by atoms with van der Waals surface area (Å²) in [7, 11) is 0. The highest BCUT2D eigenvalue weighted by Gasteiger charge is 2.30. The van der Waals surface area contributed by atoms with Crippen LogP contribution in [-0.2, 0) is 43.0 Å². The van der Waals surface area contributed by atoms with Gasteiger partial charge in [0.1, 0.15) is 24.2 Å². The Bertz CT molecular complexity index is 1570. The number of aliphatic carboxylic acids is 4. The van der Waals surface area contributed by atoms with Crippen LogP contribution >= 0.6 is 12.6 Å². The topological polar surface area (TPSA) is 296 Å². The third-order valence-corrected chi connectivity index (χ3v) is 8.80. The average Bonchev–Trinajstić information content (AvgIpc) is 3.13. The van der Waals surface area contributed by atoms with Crippen LogP contribution in [0.4, 0.5) is 4.79 Å². The van der Waals surface area contributed by atoms with Crippen molar-refractivity contribution in [2.45, 2.75) is 108 Å². The lowest BCUT2D eigenvalue weighted by Gasteiger charge is -2.30. The lowest BCUT2D eigenvalue weighted by atomic mass is 9.98. The Balaban J connectivity index is 2.55. The molecule has 57 heavy (non-hydrogen) atoms. The van der Waals surface area contributed by atoms with Crippen molar-refractivity contribution in [2.24, 2.45) is 0 Å². The first-order chi connectivity index (χ1) is 26.6. The Kier molecular flexibility index (Phi) is 21.3. The Labute approximate surface area is 336 Å². The average molecular weight is 826 g/mol. The molecule has 0 bridgehead atoms. The first-order valence-electron chi connectivity index (χ1n) is 18.0. The van der Waals surface area contributed by atoms with Gasteiger partial charge < -0.3 is 56.5 Å². The van der Waals surface area contributed by atoms with Crippen molar-refractivity contribution in [1.82, 2.24) is 26.6 Å². The Morgan fingerprint density at radius 3 is 1.74 bits per heavy atom. The molecule has 0 aliphatic heterocycles. The van der Waals surface area contributed by atoms with Crippen molar-refractivity contribution in [3.8, 4) is 0 Å². The minimum absolute atomic E-state index is 0.0242. The standard InChI is InChI=1S/C37H55N5O14S/c1-22(23-9-7-6-8-10-23)30(31(47)39-26(21-57)34(52)53)42-28(44)15-16-36(2,3)55-19-17-37(4,5)56-20-18-38-27(43)13-11-24(32(48)49)40-35(54)41-25(33(50)51)12-14-29(45)46/h6-10,24-26,30,57H,1,11-21H2,2-5H3,(H,38,43)(H,39,47)(H,42,44)(H,45,46)(H,48,49)(H,50,51)(H,52,53)(H2,40,41,54)/t24-,25-,26-,30-/m0/s1. The molecule has 0 spiro atoms. The van der Waals surface area contributed by atoms with Crippen LogP contribution in [-0.4, -0.2) is 129 Å². The second kappa shape index (κ2) is 24.4. The lowest BCUT2D eigenvalue weighted by molar-refractivity contribution is -0.141. The van der Waals surface area contributed by atoms with Crippen LogP contribution in [0.15, 0.2) is 36.9 Å². The first kappa shape index (κ1) is 49.8. The first-order valence-corrected chi connectivity index (χ1v) is 18.7. The number of carboxylic acid groups (broad SMARTS) is 4. The van der Waals surface area contributed by atoms with Gasteiger partial charge in [0, 0.05) is 31.6 Å². The summed E-state index contributed by atoms with van der Waals surface area (Å²) in [6, 6.07) is 1.92. The molecule has 0 aliphatic carbocycles. The fourth-order valence-electron chi connectivity index (χ4n) is 4.96. The maximum Gasteiger partial charge on any atom is 0.327 e. The molecule has 1 aromatic carbocycles. The number of benzene rings is 1. The van der Waals surface area contributed by atoms with E-state index >= 15 is 0 Å². The number of urea groups is 1. The minimum Gasteiger partial charge on any atom is -0.481 e. The summed E-state index contributed by atoms with van der Waals surface area (Å²) in [6.07, 6.45) is -0.886. The maximum atomic E-state index is 13.1. The number of hydrogen-bond acceptors (Lipinski definition) is 11. The van der Waals surface area contributed by atoms with Gasteiger partial charge in [-0.2, -0.15) is 12.6 Å². The van der Waals surface area contributed by atoms with Gasteiger partial charge in [-0.1, -0.05) is 36.9 Å². The molecule has 19 nitrogen and oxygen atoms in total. The quantitative estimate of drug-likeness (QED) is 0.0423. The van der Waals surface area contributed by atoms with Gasteiger partial charge in [0.15, 0.2) is 0 Å². The van der Waals surface area contributed by atoms with Crippen LogP contribution in [0.5, 0.6) is 0 Å². The molecule has 0 heterocycles. The molecule has 0 aliphatic rings. The largest absolute Gasteiger partial charge is 0.481 e. The summed E-state index contributed by atoms with van der Waals surface area (Å²) >= 11 is 3.98. The molecule has 5 amide bonds. The predicted octanol–water partition coefficient (Wildman–Crippen LogP) is 1.41. The molecule has 0 saturated heterocycles. The number of thiol groups is 1. The zero-order chi connectivity index (χ0) is 43.3. The number of hydrogen-bond donors (Lipinski definition) is 10. The molecule has 0 radical (unpaired) electrons. The van der Waals surface area contributed by atoms with E-state index in [2.05, 4.69) is 40.5 Å². The second-order valence-electron chi connectivity index (χ2n) is 14.2. The van der Waals surface area contributed by atoms with Crippen molar-refractivity contribution in [2.75, 3.05) is 25.5 Å². The zero-order valence-corrected chi connectivity index (χ0v) is 33.4. The van der Waals surface area contributed by atoms with E-state index in [1.165, 1.54) is 0 Å². The minimum atomic E-state index is -1.56. The number of nitrogens with one attached hydrogen (secondary N) is 5. The second-order valence-corrected chi connectivity index (χ2v) is 14.5. The van der Waals surface area contributed by atoms with Gasteiger partial charge in [0.2, 0.25) is 17.7 Å². The van der Waals surface area contributed by atoms with E-state index in [4.69, 9.17) is 19.7 Å². The van der Waals surface area contributed by atoms with E-state index in [0.29, 0.717) is 12.0 Å². The van der Waals surface area contributed by atoms with Gasteiger partial charge in [-0.3, -0.25) is 19.2 Å². The smallest absolute Gasteiger partial charge is 0.327 e. The Hall–Kier alpha value is -5.21. The third kappa shape index (κ3) is 20.5. The van der Waals surface area contributed by atoms with E-state index in [1.807, 2.05) is 19.2 Å². The van der Waals surface area contributed by atoms with Gasteiger partial charge >= 0.3 is 29.9 Å². The summed E-state index contributed by atoms with van der Waals surface area (Å²) in [4.78, 5) is 95.7. The van der Waals surface area contributed by atoms with Gasteiger partial charge in [0.25, 0.3) is 0 Å². The lowest BCUT2D eigenvalue weighted by Crippen LogP contribution is -2.52. The van der Waals surface area contributed by atoms with Crippen LogP contribution in [0.3, 0.4) is 0 Å². The summed E-state index contributed by atoms with van der Waals surface area (Å²) in [5, 5.41) is 48.4. The van der Waals surface area contributed by atoms with E-state index in [0.717, 1.165) is 0 Å². The SMILES string of the molecule is C=C(c1ccccc1)[C@H](NC(=O)CCC(C)(C)OCCC(C)(C)OCCNC(=O)CC[C@H](NC(=O)N[C@@H](CCC(=O)O)C(=O)O)C(=O)O)C(=O)N[C@@H](CS)C(=O)O. The molecular formula is C37H55N5O14S. The molecule has 9 N–H and O–H groups in total. The molecule has 0 fully saturated rings. The molecule has 0 unspecified atom stereocenters. The summed E-state index contributed by atoms with van der Waals surface area (Å²) < 4.78 is 11.9. The summed E-state index contributed by atoms with van der Waals surface area (Å²) in [5.41, 5.74) is -0.602. The van der Waals surface area contributed by atoms with Crippen LogP contribution in [0.2, 0.25) is 0 Å². The van der Waals surface area contributed by atoms with E-state index in [1.54, 1.807) is 44.2 Å². The van der Waals surface area contributed by atoms with Crippen LogP contribution < -0.4 is 26.6 Å². The highest BCUT2D eigenvalue weighted by Crippen LogP contribution is 2.22. The van der Waals surface area contributed by atoms with E-state index < -0.39 is 95.8 Å². The van der Waals surface area contributed by atoms with Crippen molar-refractivity contribution in [1.29, 1.82) is 0 Å². The molecule has 4 atom stereocenters. The van der Waals surface area contributed by atoms with Crippen LogP contribution in [0.25, 0.3) is 5.57 Å². The maximum absolute atomic E-state index is 13.1. The van der Waals surface area contributed by atoms with Gasteiger partial charge in [-0.25, -0.2) is 19.2 Å². The number of ether oxygens (including phenoxy) is 2. The summed E-state index contributed by atoms with van der Waals surface area (Å²) in [5.74, 6) is -7.42. The molecule has 1 rings (SSSR count). The fraction of sp³-hybridized carbons (Fsp3) is 0.568. The highest BCUT2D eigenvalue weighted by atomic mass is 32.1. The monoisotopic (exact) mass is 825 g/mol. The number of rotatable bonds is 28. The summed E-state index contributed by atoms with van der Waals surface area (Å²) in [6.45, 7) is 11.6. The van der Waals surface area contributed by atoms with Crippen molar-refractivity contribution in [3.63, 3.8) is 0 Å². The molecule has 20 heteroatoms. The van der Waals surface area contributed by atoms with Crippen molar-refractivity contribution < 1.29 is 68.3 Å². The molecular weight excluding hydrogens is 770 g/mol. The number of carboxylic acids is 4. The normalized spacial score (nSPS) is 13.5. The Morgan fingerprint density at radius 1 is 0.684 bits per heavy atom. The zero-order valence-electron chi connectivity index (χ0n) is 32.5. The van der Waals surface area contributed by atoms with Gasteiger partial charge in [-0.15, -0.1) is 0 Å². The van der Waals surface area contributed by atoms with Crippen LogP contribution in [0, 0.1) is 0 Å². The van der Waals surface area contributed by atoms with Crippen LogP contribution in [0.1, 0.15) is 78.2 Å². The molecule has 318 valence electrons. The van der Waals surface area contributed by atoms with E-state index in [-0.39, 0.29) is 56.8 Å².